The third-order valence-corrected chi connectivity index (χ3v) is 9.22. The van der Waals surface area contributed by atoms with E-state index in [1.54, 1.807) is 6.21 Å². The van der Waals surface area contributed by atoms with Gasteiger partial charge in [-0.2, -0.15) is 23.1 Å². The predicted octanol–water partition coefficient (Wildman–Crippen LogP) is 5.42. The average Bonchev–Trinajstić information content (AvgIpc) is 3.64. The molecule has 0 amide bonds. The van der Waals surface area contributed by atoms with Crippen LogP contribution in [0.3, 0.4) is 0 Å². The molecule has 2 saturated heterocycles. The van der Waals surface area contributed by atoms with Gasteiger partial charge in [0.1, 0.15) is 31.0 Å². The summed E-state index contributed by atoms with van der Waals surface area (Å²) in [5.41, 5.74) is 5.26. The van der Waals surface area contributed by atoms with Crippen LogP contribution < -0.4 is 20.1 Å². The number of pyridine rings is 1. The van der Waals surface area contributed by atoms with Crippen LogP contribution in [-0.2, 0) is 6.18 Å². The van der Waals surface area contributed by atoms with Gasteiger partial charge in [0.2, 0.25) is 0 Å². The number of rotatable bonds is 6. The third kappa shape index (κ3) is 4.99. The zero-order chi connectivity index (χ0) is 30.8. The van der Waals surface area contributed by atoms with E-state index in [2.05, 4.69) is 19.9 Å². The molecule has 14 heteroatoms. The number of halogens is 5. The fourth-order valence-corrected chi connectivity index (χ4v) is 7.23. The van der Waals surface area contributed by atoms with Crippen molar-refractivity contribution in [2.24, 2.45) is 4.99 Å². The normalized spacial score (nSPS) is 23.2. The standard InChI is InChI=1S/C30H30ClF4N7O2/c1-16-9-21(36)39-25(23(16)30(33,34)35)19-10-20-22-26(24(19)31)43-8-7-41(13-17-3-5-37-12-17)27(22)40-28(38-20)44-15-29-4-2-6-42(29)14-18(32)11-29/h3,9-10,12,18H,2,4-8,11,13-15H2,1H3,(H2,36,39)/t18-,29+/m1/s1. The fraction of sp³-hybridized carbons (Fsp3) is 0.467. The molecule has 0 aliphatic carbocycles. The van der Waals surface area contributed by atoms with Gasteiger partial charge in [0.15, 0.2) is 5.75 Å². The van der Waals surface area contributed by atoms with E-state index in [4.69, 9.17) is 31.8 Å². The van der Waals surface area contributed by atoms with E-state index in [1.165, 1.54) is 19.1 Å². The minimum Gasteiger partial charge on any atom is -0.489 e. The number of nitrogens with zero attached hydrogens (tertiary/aromatic N) is 6. The summed E-state index contributed by atoms with van der Waals surface area (Å²) in [5.74, 6) is 0.543. The van der Waals surface area contributed by atoms with Crippen molar-refractivity contribution in [2.75, 3.05) is 56.6 Å². The molecule has 0 saturated carbocycles. The van der Waals surface area contributed by atoms with Gasteiger partial charge in [0.25, 0.3) is 0 Å². The molecule has 6 heterocycles. The lowest BCUT2D eigenvalue weighted by Gasteiger charge is -2.31. The molecule has 9 nitrogen and oxygen atoms in total. The average molecular weight is 632 g/mol. The summed E-state index contributed by atoms with van der Waals surface area (Å²) in [5, 5.41) is 0.390. The van der Waals surface area contributed by atoms with Gasteiger partial charge in [-0.25, -0.2) is 9.37 Å². The molecule has 4 aliphatic heterocycles. The zero-order valence-electron chi connectivity index (χ0n) is 23.9. The molecule has 7 rings (SSSR count). The lowest BCUT2D eigenvalue weighted by molar-refractivity contribution is -0.137. The second kappa shape index (κ2) is 10.7. The number of nitrogen functional groups attached to an aromatic ring is 1. The number of aliphatic imine (C=N–C) groups is 1. The molecule has 4 aliphatic rings. The van der Waals surface area contributed by atoms with Gasteiger partial charge in [-0.1, -0.05) is 17.7 Å². The first kappa shape index (κ1) is 29.0. The Morgan fingerprint density at radius 1 is 1.20 bits per heavy atom. The molecule has 3 aromatic rings. The van der Waals surface area contributed by atoms with Crippen molar-refractivity contribution < 1.29 is 27.0 Å². The van der Waals surface area contributed by atoms with Crippen LogP contribution in [0, 0.1) is 6.92 Å². The van der Waals surface area contributed by atoms with E-state index in [0.717, 1.165) is 25.0 Å². The van der Waals surface area contributed by atoms with E-state index >= 15 is 0 Å². The van der Waals surface area contributed by atoms with Gasteiger partial charge in [-0.05, 0) is 49.6 Å². The minimum absolute atomic E-state index is 0.0248. The first-order valence-corrected chi connectivity index (χ1v) is 14.9. The highest BCUT2D eigenvalue weighted by Crippen LogP contribution is 2.49. The number of fused-ring (bicyclic) bond motifs is 1. The van der Waals surface area contributed by atoms with Gasteiger partial charge in [0, 0.05) is 31.3 Å². The summed E-state index contributed by atoms with van der Waals surface area (Å²) < 4.78 is 69.8. The summed E-state index contributed by atoms with van der Waals surface area (Å²) in [6.45, 7) is 4.32. The molecule has 2 fully saturated rings. The number of hydrogen-bond acceptors (Lipinski definition) is 9. The molecule has 1 aromatic carbocycles. The summed E-state index contributed by atoms with van der Waals surface area (Å²) in [7, 11) is 0. The van der Waals surface area contributed by atoms with Crippen LogP contribution in [-0.4, -0.2) is 83.7 Å². The first-order valence-electron chi connectivity index (χ1n) is 14.5. The Morgan fingerprint density at radius 3 is 2.82 bits per heavy atom. The quantitative estimate of drug-likeness (QED) is 0.360. The van der Waals surface area contributed by atoms with Crippen molar-refractivity contribution in [2.45, 2.75) is 44.1 Å². The van der Waals surface area contributed by atoms with Crippen molar-refractivity contribution >= 4 is 40.4 Å². The molecule has 44 heavy (non-hydrogen) atoms. The highest BCUT2D eigenvalue weighted by atomic mass is 35.5. The monoisotopic (exact) mass is 631 g/mol. The summed E-state index contributed by atoms with van der Waals surface area (Å²) in [4.78, 5) is 21.9. The Bertz CT molecular complexity index is 1720. The number of anilines is 2. The van der Waals surface area contributed by atoms with E-state index < -0.39 is 29.1 Å². The maximum absolute atomic E-state index is 14.4. The lowest BCUT2D eigenvalue weighted by atomic mass is 9.95. The summed E-state index contributed by atoms with van der Waals surface area (Å²) in [6, 6.07) is 2.66. The van der Waals surface area contributed by atoms with E-state index in [9.17, 15) is 17.6 Å². The van der Waals surface area contributed by atoms with Gasteiger partial charge in [-0.3, -0.25) is 9.89 Å². The first-order chi connectivity index (χ1) is 21.0. The summed E-state index contributed by atoms with van der Waals surface area (Å²) in [6.07, 6.45) is 0.254. The second-order valence-electron chi connectivity index (χ2n) is 11.8. The Hall–Kier alpha value is -3.71. The maximum atomic E-state index is 14.4. The zero-order valence-corrected chi connectivity index (χ0v) is 24.7. The lowest BCUT2D eigenvalue weighted by Crippen LogP contribution is -2.43. The number of hydrogen-bond donors (Lipinski definition) is 1. The number of nitrogens with two attached hydrogens (primary N) is 1. The topological polar surface area (TPSA) is 102 Å². The van der Waals surface area contributed by atoms with Crippen LogP contribution >= 0.6 is 11.6 Å². The van der Waals surface area contributed by atoms with Crippen molar-refractivity contribution in [3.63, 3.8) is 0 Å². The number of alkyl halides is 4. The number of ether oxygens (including phenoxy) is 2. The SMILES string of the molecule is Cc1cc(N)nc(-c2cc3nc(OC[C@@]45CCCN4C[C@H](F)C5)nc4c3c(c2Cl)OCCN4CC2=CCN=C2)c1C(F)(F)F. The van der Waals surface area contributed by atoms with Gasteiger partial charge < -0.3 is 20.1 Å². The van der Waals surface area contributed by atoms with Crippen LogP contribution in [0.25, 0.3) is 22.2 Å². The molecule has 2 atom stereocenters. The predicted molar refractivity (Wildman–Crippen MR) is 160 cm³/mol. The molecule has 0 bridgehead atoms. The van der Waals surface area contributed by atoms with Crippen LogP contribution in [0.5, 0.6) is 11.8 Å². The van der Waals surface area contributed by atoms with Gasteiger partial charge in [-0.15, -0.1) is 0 Å². The van der Waals surface area contributed by atoms with Crippen molar-refractivity contribution in [1.82, 2.24) is 19.9 Å². The molecule has 0 radical (unpaired) electrons. The maximum Gasteiger partial charge on any atom is 0.418 e. The van der Waals surface area contributed by atoms with E-state index in [1.807, 2.05) is 11.0 Å². The van der Waals surface area contributed by atoms with Gasteiger partial charge in [0.05, 0.1) is 45.8 Å². The molecular formula is C30H30ClF4N7O2. The third-order valence-electron chi connectivity index (χ3n) is 8.84. The highest BCUT2D eigenvalue weighted by Gasteiger charge is 2.49. The van der Waals surface area contributed by atoms with E-state index in [0.29, 0.717) is 43.8 Å². The van der Waals surface area contributed by atoms with Gasteiger partial charge >= 0.3 is 12.2 Å². The Kier molecular flexibility index (Phi) is 7.07. The molecule has 2 N–H and O–H groups in total. The van der Waals surface area contributed by atoms with Crippen molar-refractivity contribution in [3.05, 3.63) is 39.9 Å². The smallest absolute Gasteiger partial charge is 0.418 e. The fourth-order valence-electron chi connectivity index (χ4n) is 6.94. The van der Waals surface area contributed by atoms with Crippen LogP contribution in [0.2, 0.25) is 5.02 Å². The largest absolute Gasteiger partial charge is 0.489 e. The number of aromatic nitrogens is 3. The Labute approximate surface area is 255 Å². The molecule has 0 spiro atoms. The molecule has 232 valence electrons. The summed E-state index contributed by atoms with van der Waals surface area (Å²) >= 11 is 6.85. The molecule has 0 unspecified atom stereocenters. The van der Waals surface area contributed by atoms with Crippen molar-refractivity contribution in [1.29, 1.82) is 0 Å². The minimum atomic E-state index is -4.73. The Balaban J connectivity index is 1.39. The Morgan fingerprint density at radius 2 is 2.05 bits per heavy atom. The second-order valence-corrected chi connectivity index (χ2v) is 12.2. The highest BCUT2D eigenvalue weighted by molar-refractivity contribution is 6.36. The van der Waals surface area contributed by atoms with Crippen molar-refractivity contribution in [3.8, 4) is 23.0 Å². The van der Waals surface area contributed by atoms with Crippen LogP contribution in [0.15, 0.2) is 28.8 Å². The number of aryl methyl sites for hydroxylation is 1. The van der Waals surface area contributed by atoms with E-state index in [-0.39, 0.29) is 52.5 Å². The molecule has 2 aromatic heterocycles. The van der Waals surface area contributed by atoms with Crippen LogP contribution in [0.1, 0.15) is 30.4 Å². The molecular weight excluding hydrogens is 602 g/mol. The number of benzene rings is 1. The van der Waals surface area contributed by atoms with Crippen LogP contribution in [0.4, 0.5) is 29.2 Å².